The molecule has 0 heteroatoms. The van der Waals surface area contributed by atoms with Crippen LogP contribution < -0.4 is 0 Å². The topological polar surface area (TPSA) is 0 Å². The molecule has 0 spiro atoms. The van der Waals surface area contributed by atoms with Crippen molar-refractivity contribution in [1.82, 2.24) is 0 Å². The Morgan fingerprint density at radius 3 is 1.00 bits per heavy atom. The molecule has 0 N–H and O–H groups in total. The maximum atomic E-state index is 2.37. The fourth-order valence-corrected chi connectivity index (χ4v) is 3.71. The molecule has 0 aliphatic carbocycles. The molecule has 0 radical (unpaired) electrons. The van der Waals surface area contributed by atoms with Crippen LogP contribution in [0, 0.1) is 10.8 Å². The van der Waals surface area contributed by atoms with E-state index in [2.05, 4.69) is 102 Å². The predicted molar refractivity (Wildman–Crippen MR) is 97.3 cm³/mol. The monoisotopic (exact) mass is 294 g/mol. The molecule has 0 fully saturated rings. The van der Waals surface area contributed by atoms with E-state index < -0.39 is 0 Å². The van der Waals surface area contributed by atoms with E-state index in [-0.39, 0.29) is 10.8 Å². The van der Waals surface area contributed by atoms with Gasteiger partial charge in [0.25, 0.3) is 0 Å². The third kappa shape index (κ3) is 3.80. The molecule has 0 saturated carbocycles. The second-order valence-corrected chi connectivity index (χ2v) is 8.51. The number of rotatable bonds is 3. The van der Waals surface area contributed by atoms with Crippen molar-refractivity contribution in [1.29, 1.82) is 0 Å². The second kappa shape index (κ2) is 6.28. The van der Waals surface area contributed by atoms with Crippen LogP contribution in [0.3, 0.4) is 0 Å². The third-order valence-electron chi connectivity index (χ3n) is 4.52. The highest BCUT2D eigenvalue weighted by molar-refractivity contribution is 5.32. The zero-order valence-corrected chi connectivity index (χ0v) is 14.9. The zero-order valence-electron chi connectivity index (χ0n) is 14.9. The molecule has 2 aromatic carbocycles. The second-order valence-electron chi connectivity index (χ2n) is 8.51. The first-order valence-corrected chi connectivity index (χ1v) is 8.31. The minimum Gasteiger partial charge on any atom is -0.0622 e. The normalized spacial score (nSPS) is 15.4. The van der Waals surface area contributed by atoms with Crippen molar-refractivity contribution in [2.75, 3.05) is 0 Å². The van der Waals surface area contributed by atoms with E-state index in [1.165, 1.54) is 11.1 Å². The molecule has 2 atom stereocenters. The minimum atomic E-state index is 0.204. The van der Waals surface area contributed by atoms with Gasteiger partial charge in [0.15, 0.2) is 0 Å². The van der Waals surface area contributed by atoms with Crippen molar-refractivity contribution in [3.05, 3.63) is 71.8 Å². The molecular formula is C22H30. The molecule has 0 amide bonds. The van der Waals surface area contributed by atoms with Gasteiger partial charge in [-0.25, -0.2) is 0 Å². The fraction of sp³-hybridized carbons (Fsp3) is 0.455. The summed E-state index contributed by atoms with van der Waals surface area (Å²) in [6.45, 7) is 14.2. The number of hydrogen-bond acceptors (Lipinski definition) is 0. The summed E-state index contributed by atoms with van der Waals surface area (Å²) >= 11 is 0. The average Bonchev–Trinajstić information content (AvgIpc) is 2.44. The summed E-state index contributed by atoms with van der Waals surface area (Å²) < 4.78 is 0. The van der Waals surface area contributed by atoms with Gasteiger partial charge in [0.1, 0.15) is 0 Å². The van der Waals surface area contributed by atoms with Crippen molar-refractivity contribution >= 4 is 0 Å². The Hall–Kier alpha value is -1.56. The van der Waals surface area contributed by atoms with Crippen LogP contribution in [-0.2, 0) is 0 Å². The summed E-state index contributed by atoms with van der Waals surface area (Å²) in [5.74, 6) is 0.965. The van der Waals surface area contributed by atoms with Crippen LogP contribution in [0.2, 0.25) is 0 Å². The summed E-state index contributed by atoms with van der Waals surface area (Å²) in [5.41, 5.74) is 3.29. The fourth-order valence-electron chi connectivity index (χ4n) is 3.71. The molecule has 0 aliphatic rings. The van der Waals surface area contributed by atoms with Gasteiger partial charge in [0, 0.05) is 0 Å². The molecule has 2 aromatic rings. The number of hydrogen-bond donors (Lipinski definition) is 0. The Morgan fingerprint density at radius 1 is 0.500 bits per heavy atom. The Morgan fingerprint density at radius 2 is 0.773 bits per heavy atom. The van der Waals surface area contributed by atoms with Gasteiger partial charge in [-0.1, -0.05) is 102 Å². The molecule has 0 aliphatic heterocycles. The predicted octanol–water partition coefficient (Wildman–Crippen LogP) is 6.65. The van der Waals surface area contributed by atoms with Crippen LogP contribution >= 0.6 is 0 Å². The van der Waals surface area contributed by atoms with Crippen LogP contribution in [0.25, 0.3) is 0 Å². The Labute approximate surface area is 136 Å². The molecule has 2 rings (SSSR count). The SMILES string of the molecule is CC(C)(C)C(c1ccccc1)[C@@H](c1ccccc1)C(C)(C)C. The smallest absolute Gasteiger partial charge is 0.00394 e. The van der Waals surface area contributed by atoms with Crippen LogP contribution in [0.1, 0.15) is 64.5 Å². The van der Waals surface area contributed by atoms with Gasteiger partial charge in [-0.15, -0.1) is 0 Å². The summed E-state index contributed by atoms with van der Waals surface area (Å²) in [6, 6.07) is 22.0. The highest BCUT2D eigenvalue weighted by atomic mass is 14.4. The van der Waals surface area contributed by atoms with E-state index in [1.807, 2.05) is 0 Å². The van der Waals surface area contributed by atoms with Crippen molar-refractivity contribution in [2.45, 2.75) is 53.4 Å². The molecule has 22 heavy (non-hydrogen) atoms. The third-order valence-corrected chi connectivity index (χ3v) is 4.52. The highest BCUT2D eigenvalue weighted by Crippen LogP contribution is 2.52. The lowest BCUT2D eigenvalue weighted by Gasteiger charge is -2.44. The van der Waals surface area contributed by atoms with E-state index in [9.17, 15) is 0 Å². The Balaban J connectivity index is 2.60. The zero-order chi connectivity index (χ0) is 16.4. The summed E-state index contributed by atoms with van der Waals surface area (Å²) in [4.78, 5) is 0. The van der Waals surface area contributed by atoms with Crippen molar-refractivity contribution in [3.8, 4) is 0 Å². The number of benzene rings is 2. The molecule has 0 saturated heterocycles. The van der Waals surface area contributed by atoms with Gasteiger partial charge >= 0.3 is 0 Å². The summed E-state index contributed by atoms with van der Waals surface area (Å²) in [6.07, 6.45) is 0. The minimum absolute atomic E-state index is 0.204. The van der Waals surface area contributed by atoms with Crippen LogP contribution in [-0.4, -0.2) is 0 Å². The van der Waals surface area contributed by atoms with Crippen LogP contribution in [0.4, 0.5) is 0 Å². The van der Waals surface area contributed by atoms with E-state index in [1.54, 1.807) is 0 Å². The highest BCUT2D eigenvalue weighted by Gasteiger charge is 2.40. The lowest BCUT2D eigenvalue weighted by molar-refractivity contribution is 0.186. The standard InChI is InChI=1S/C22H30/c1-21(2,3)19(17-13-9-7-10-14-17)20(22(4,5)6)18-15-11-8-12-16-18/h7-16,19-20H,1-6H3/t19-,20?/m1/s1. The quantitative estimate of drug-likeness (QED) is 0.594. The Kier molecular flexibility index (Phi) is 4.80. The summed E-state index contributed by atoms with van der Waals surface area (Å²) in [7, 11) is 0. The first kappa shape index (κ1) is 16.8. The summed E-state index contributed by atoms with van der Waals surface area (Å²) in [5, 5.41) is 0. The maximum Gasteiger partial charge on any atom is -0.00394 e. The molecule has 0 aromatic heterocycles. The van der Waals surface area contributed by atoms with Gasteiger partial charge in [0.05, 0.1) is 0 Å². The van der Waals surface area contributed by atoms with Crippen LogP contribution in [0.5, 0.6) is 0 Å². The van der Waals surface area contributed by atoms with E-state index >= 15 is 0 Å². The van der Waals surface area contributed by atoms with Crippen molar-refractivity contribution < 1.29 is 0 Å². The van der Waals surface area contributed by atoms with Gasteiger partial charge in [-0.05, 0) is 33.8 Å². The Bertz CT molecular complexity index is 511. The first-order chi connectivity index (χ1) is 10.2. The molecule has 1 unspecified atom stereocenters. The van der Waals surface area contributed by atoms with Gasteiger partial charge < -0.3 is 0 Å². The van der Waals surface area contributed by atoms with Gasteiger partial charge in [-0.2, -0.15) is 0 Å². The van der Waals surface area contributed by atoms with Gasteiger partial charge in [0.2, 0.25) is 0 Å². The van der Waals surface area contributed by atoms with E-state index in [0.717, 1.165) is 0 Å². The molecule has 0 nitrogen and oxygen atoms in total. The van der Waals surface area contributed by atoms with E-state index in [0.29, 0.717) is 11.8 Å². The van der Waals surface area contributed by atoms with Crippen molar-refractivity contribution in [3.63, 3.8) is 0 Å². The first-order valence-electron chi connectivity index (χ1n) is 8.31. The lowest BCUT2D eigenvalue weighted by atomic mass is 9.60. The molecule has 0 heterocycles. The molecule has 118 valence electrons. The van der Waals surface area contributed by atoms with E-state index in [4.69, 9.17) is 0 Å². The molecule has 0 bridgehead atoms. The largest absolute Gasteiger partial charge is 0.0622 e. The maximum absolute atomic E-state index is 2.37. The van der Waals surface area contributed by atoms with Crippen molar-refractivity contribution in [2.24, 2.45) is 10.8 Å². The average molecular weight is 294 g/mol. The van der Waals surface area contributed by atoms with Crippen LogP contribution in [0.15, 0.2) is 60.7 Å². The van der Waals surface area contributed by atoms with Gasteiger partial charge in [-0.3, -0.25) is 0 Å². The lowest BCUT2D eigenvalue weighted by Crippen LogP contribution is -2.32. The molecular weight excluding hydrogens is 264 g/mol.